The van der Waals surface area contributed by atoms with E-state index in [0.29, 0.717) is 6.54 Å². The first-order chi connectivity index (χ1) is 6.39. The fourth-order valence-corrected chi connectivity index (χ4v) is 0.726. The van der Waals surface area contributed by atoms with Crippen LogP contribution in [0.3, 0.4) is 0 Å². The first kappa shape index (κ1) is 12.7. The minimum Gasteiger partial charge on any atom is -0.444 e. The maximum atomic E-state index is 11.2. The third kappa shape index (κ3) is 6.22. The molecule has 0 saturated carbocycles. The van der Waals surface area contributed by atoms with Crippen molar-refractivity contribution in [2.75, 3.05) is 6.54 Å². The van der Waals surface area contributed by atoms with E-state index in [1.54, 1.807) is 6.08 Å². The third-order valence-electron chi connectivity index (χ3n) is 1.35. The maximum absolute atomic E-state index is 11.2. The highest BCUT2D eigenvalue weighted by Crippen LogP contribution is 2.06. The molecule has 0 aromatic heterocycles. The van der Waals surface area contributed by atoms with Crippen LogP contribution in [0.4, 0.5) is 4.79 Å². The van der Waals surface area contributed by atoms with Gasteiger partial charge in [0.15, 0.2) is 0 Å². The molecule has 0 spiro atoms. The molecule has 0 bridgehead atoms. The average Bonchev–Trinajstić information content (AvgIpc) is 2.03. The average molecular weight is 198 g/mol. The van der Waals surface area contributed by atoms with E-state index in [9.17, 15) is 4.79 Å². The van der Waals surface area contributed by atoms with Crippen molar-refractivity contribution in [3.05, 3.63) is 11.8 Å². The Labute approximate surface area is 85.1 Å². The van der Waals surface area contributed by atoms with Crippen molar-refractivity contribution in [2.45, 2.75) is 33.3 Å². The zero-order valence-corrected chi connectivity index (χ0v) is 9.26. The predicted octanol–water partition coefficient (Wildman–Crippen LogP) is 2.12. The summed E-state index contributed by atoms with van der Waals surface area (Å²) in [5.41, 5.74) is 0.248. The molecule has 14 heavy (non-hydrogen) atoms. The van der Waals surface area contributed by atoms with Gasteiger partial charge in [-0.05, 0) is 34.4 Å². The van der Waals surface area contributed by atoms with E-state index in [-0.39, 0.29) is 0 Å². The first-order valence-corrected chi connectivity index (χ1v) is 4.48. The molecule has 0 heterocycles. The SMILES string of the molecule is C=NC(=CC)CNC(=O)OC(C)(C)C. The quantitative estimate of drug-likeness (QED) is 0.706. The van der Waals surface area contributed by atoms with Crippen molar-refractivity contribution >= 4 is 12.8 Å². The zero-order chi connectivity index (χ0) is 11.2. The lowest BCUT2D eigenvalue weighted by atomic mass is 10.2. The third-order valence-corrected chi connectivity index (χ3v) is 1.35. The van der Waals surface area contributed by atoms with Gasteiger partial charge in [0.05, 0.1) is 12.2 Å². The monoisotopic (exact) mass is 198 g/mol. The van der Waals surface area contributed by atoms with Crippen molar-refractivity contribution in [2.24, 2.45) is 4.99 Å². The first-order valence-electron chi connectivity index (χ1n) is 4.48. The number of nitrogens with one attached hydrogen (secondary N) is 1. The van der Waals surface area contributed by atoms with Gasteiger partial charge < -0.3 is 10.1 Å². The smallest absolute Gasteiger partial charge is 0.407 e. The number of alkyl carbamates (subject to hydrolysis) is 1. The van der Waals surface area contributed by atoms with Gasteiger partial charge >= 0.3 is 6.09 Å². The summed E-state index contributed by atoms with van der Waals surface area (Å²) < 4.78 is 5.04. The normalized spacial score (nSPS) is 12.1. The van der Waals surface area contributed by atoms with Crippen LogP contribution in [0.25, 0.3) is 0 Å². The number of carbonyl (C=O) groups is 1. The Balaban J connectivity index is 3.92. The van der Waals surface area contributed by atoms with Crippen molar-refractivity contribution in [3.63, 3.8) is 0 Å². The van der Waals surface area contributed by atoms with Crippen molar-refractivity contribution in [1.29, 1.82) is 0 Å². The molecule has 0 radical (unpaired) electrons. The Kier molecular flexibility index (Phi) is 4.91. The number of ether oxygens (including phenoxy) is 1. The molecule has 4 heteroatoms. The fraction of sp³-hybridized carbons (Fsp3) is 0.600. The number of hydrogen-bond acceptors (Lipinski definition) is 3. The molecule has 0 atom stereocenters. The number of amides is 1. The predicted molar refractivity (Wildman–Crippen MR) is 57.5 cm³/mol. The van der Waals surface area contributed by atoms with E-state index in [0.717, 1.165) is 5.70 Å². The molecule has 1 amide bonds. The lowest BCUT2D eigenvalue weighted by molar-refractivity contribution is 0.0532. The summed E-state index contributed by atoms with van der Waals surface area (Å²) in [6, 6.07) is 0. The largest absolute Gasteiger partial charge is 0.444 e. The van der Waals surface area contributed by atoms with E-state index in [4.69, 9.17) is 4.74 Å². The number of carbonyl (C=O) groups excluding carboxylic acids is 1. The highest BCUT2D eigenvalue weighted by Gasteiger charge is 2.15. The van der Waals surface area contributed by atoms with Crippen LogP contribution in [-0.4, -0.2) is 25.0 Å². The van der Waals surface area contributed by atoms with Gasteiger partial charge in [-0.15, -0.1) is 0 Å². The summed E-state index contributed by atoms with van der Waals surface area (Å²) in [5.74, 6) is 0. The van der Waals surface area contributed by atoms with Crippen LogP contribution in [0.15, 0.2) is 16.8 Å². The van der Waals surface area contributed by atoms with E-state index in [1.165, 1.54) is 0 Å². The molecule has 80 valence electrons. The van der Waals surface area contributed by atoms with Crippen LogP contribution in [-0.2, 0) is 4.74 Å². The van der Waals surface area contributed by atoms with E-state index >= 15 is 0 Å². The second kappa shape index (κ2) is 5.42. The van der Waals surface area contributed by atoms with Crippen LogP contribution in [0.2, 0.25) is 0 Å². The summed E-state index contributed by atoms with van der Waals surface area (Å²) >= 11 is 0. The second-order valence-corrected chi connectivity index (χ2v) is 3.79. The standard InChI is InChI=1S/C10H18N2O2/c1-6-8(11-5)7-12-9(13)14-10(2,3)4/h6H,5,7H2,1-4H3,(H,12,13). The molecular weight excluding hydrogens is 180 g/mol. The summed E-state index contributed by atoms with van der Waals surface area (Å²) in [6.45, 7) is 11.0. The van der Waals surface area contributed by atoms with Crippen LogP contribution < -0.4 is 5.32 Å². The van der Waals surface area contributed by atoms with Crippen LogP contribution in [0.1, 0.15) is 27.7 Å². The Bertz CT molecular complexity index is 239. The van der Waals surface area contributed by atoms with Gasteiger partial charge in [-0.3, -0.25) is 4.99 Å². The highest BCUT2D eigenvalue weighted by molar-refractivity contribution is 5.68. The number of nitrogens with zero attached hydrogens (tertiary/aromatic N) is 1. The number of rotatable bonds is 3. The molecule has 0 fully saturated rings. The van der Waals surface area contributed by atoms with Gasteiger partial charge in [-0.25, -0.2) is 4.79 Å². The molecule has 1 N–H and O–H groups in total. The molecule has 0 aliphatic heterocycles. The van der Waals surface area contributed by atoms with Crippen LogP contribution >= 0.6 is 0 Å². The van der Waals surface area contributed by atoms with Crippen LogP contribution in [0.5, 0.6) is 0 Å². The summed E-state index contributed by atoms with van der Waals surface area (Å²) in [6.07, 6.45) is 1.34. The molecule has 0 saturated heterocycles. The topological polar surface area (TPSA) is 50.7 Å². The Morgan fingerprint density at radius 3 is 2.50 bits per heavy atom. The molecular formula is C10H18N2O2. The van der Waals surface area contributed by atoms with Gasteiger partial charge in [0.25, 0.3) is 0 Å². The van der Waals surface area contributed by atoms with Gasteiger partial charge in [0.1, 0.15) is 5.60 Å². The molecule has 0 aliphatic rings. The minimum atomic E-state index is -0.470. The van der Waals surface area contributed by atoms with Gasteiger partial charge in [-0.2, -0.15) is 0 Å². The molecule has 0 rings (SSSR count). The summed E-state index contributed by atoms with van der Waals surface area (Å²) in [5, 5.41) is 2.58. The maximum Gasteiger partial charge on any atom is 0.407 e. The second-order valence-electron chi connectivity index (χ2n) is 3.79. The molecule has 0 aromatic carbocycles. The molecule has 4 nitrogen and oxygen atoms in total. The Morgan fingerprint density at radius 2 is 2.14 bits per heavy atom. The van der Waals surface area contributed by atoms with E-state index < -0.39 is 11.7 Å². The van der Waals surface area contributed by atoms with Gasteiger partial charge in [-0.1, -0.05) is 6.08 Å². The molecule has 0 aromatic rings. The van der Waals surface area contributed by atoms with Crippen molar-refractivity contribution in [1.82, 2.24) is 5.32 Å². The van der Waals surface area contributed by atoms with Crippen LogP contribution in [0, 0.1) is 0 Å². The molecule has 0 aliphatic carbocycles. The Hall–Kier alpha value is -1.32. The Morgan fingerprint density at radius 1 is 1.57 bits per heavy atom. The zero-order valence-electron chi connectivity index (χ0n) is 9.26. The van der Waals surface area contributed by atoms with E-state index in [1.807, 2.05) is 27.7 Å². The van der Waals surface area contributed by atoms with Crippen molar-refractivity contribution in [3.8, 4) is 0 Å². The minimum absolute atomic E-state index is 0.342. The van der Waals surface area contributed by atoms with Gasteiger partial charge in [0.2, 0.25) is 0 Å². The lowest BCUT2D eigenvalue weighted by Gasteiger charge is -2.19. The fourth-order valence-electron chi connectivity index (χ4n) is 0.726. The number of allylic oxidation sites excluding steroid dienone is 1. The van der Waals surface area contributed by atoms with Gasteiger partial charge in [0, 0.05) is 0 Å². The number of hydrogen-bond donors (Lipinski definition) is 1. The highest BCUT2D eigenvalue weighted by atomic mass is 16.6. The summed E-state index contributed by atoms with van der Waals surface area (Å²) in [7, 11) is 0. The number of aliphatic imine (C=N–C) groups is 1. The van der Waals surface area contributed by atoms with E-state index in [2.05, 4.69) is 17.0 Å². The molecule has 0 unspecified atom stereocenters. The lowest BCUT2D eigenvalue weighted by Crippen LogP contribution is -2.33. The summed E-state index contributed by atoms with van der Waals surface area (Å²) in [4.78, 5) is 14.9. The van der Waals surface area contributed by atoms with Crippen molar-refractivity contribution < 1.29 is 9.53 Å².